The van der Waals surface area contributed by atoms with Gasteiger partial charge in [0.15, 0.2) is 5.13 Å². The Labute approximate surface area is 206 Å². The van der Waals surface area contributed by atoms with Crippen LogP contribution in [0.3, 0.4) is 0 Å². The van der Waals surface area contributed by atoms with Crippen molar-refractivity contribution in [2.24, 2.45) is 0 Å². The molecule has 0 aliphatic carbocycles. The fourth-order valence-electron chi connectivity index (χ4n) is 4.89. The molecule has 2 aromatic carbocycles. The van der Waals surface area contributed by atoms with E-state index >= 15 is 0 Å². The van der Waals surface area contributed by atoms with E-state index < -0.39 is 17.7 Å². The molecule has 2 saturated heterocycles. The van der Waals surface area contributed by atoms with Crippen molar-refractivity contribution in [1.82, 2.24) is 14.8 Å². The number of aliphatic hydroxyl groups is 1. The van der Waals surface area contributed by atoms with E-state index in [1.54, 1.807) is 11.0 Å². The number of carbonyl (C=O) groups is 2. The van der Waals surface area contributed by atoms with Crippen LogP contribution in [0.2, 0.25) is 5.02 Å². The van der Waals surface area contributed by atoms with Crippen LogP contribution in [0.4, 0.5) is 9.93 Å². The molecule has 34 heavy (non-hydrogen) atoms. The van der Waals surface area contributed by atoms with Gasteiger partial charge in [-0.05, 0) is 36.6 Å². The number of benzene rings is 2. The highest BCUT2D eigenvalue weighted by molar-refractivity contribution is 7.22. The molecule has 0 unspecified atom stereocenters. The molecular formula is C24H25ClN4O4S. The number of rotatable bonds is 5. The molecule has 3 aromatic rings. The number of aromatic nitrogens is 1. The van der Waals surface area contributed by atoms with Gasteiger partial charge in [0.05, 0.1) is 28.4 Å². The number of hydrogen-bond acceptors (Lipinski definition) is 7. The summed E-state index contributed by atoms with van der Waals surface area (Å²) in [6, 6.07) is 14.9. The van der Waals surface area contributed by atoms with Crippen LogP contribution in [-0.4, -0.2) is 69.7 Å². The first-order chi connectivity index (χ1) is 16.4. The second-order valence-corrected chi connectivity index (χ2v) is 10.2. The Hall–Kier alpha value is -2.72. The first-order valence-corrected chi connectivity index (χ1v) is 12.4. The van der Waals surface area contributed by atoms with Crippen LogP contribution >= 0.6 is 22.9 Å². The molecular weight excluding hydrogens is 476 g/mol. The van der Waals surface area contributed by atoms with Gasteiger partial charge in [0.2, 0.25) is 5.91 Å². The maximum absolute atomic E-state index is 12.9. The molecule has 2 fully saturated rings. The van der Waals surface area contributed by atoms with Gasteiger partial charge in [0, 0.05) is 24.7 Å². The molecule has 0 bridgehead atoms. The number of amides is 2. The van der Waals surface area contributed by atoms with E-state index in [1.807, 2.05) is 47.4 Å². The summed E-state index contributed by atoms with van der Waals surface area (Å²) in [6.07, 6.45) is 0.272. The van der Waals surface area contributed by atoms with Crippen molar-refractivity contribution in [2.45, 2.75) is 31.1 Å². The van der Waals surface area contributed by atoms with Gasteiger partial charge in [-0.1, -0.05) is 53.3 Å². The minimum absolute atomic E-state index is 0.0996. The summed E-state index contributed by atoms with van der Waals surface area (Å²) in [5, 5.41) is 14.9. The first-order valence-electron chi connectivity index (χ1n) is 11.2. The predicted octanol–water partition coefficient (Wildman–Crippen LogP) is 3.74. The number of halogens is 1. The Balaban J connectivity index is 1.20. The number of anilines is 1. The second-order valence-electron chi connectivity index (χ2n) is 8.76. The Bertz CT molecular complexity index is 1210. The smallest absolute Gasteiger partial charge is 0.410 e. The summed E-state index contributed by atoms with van der Waals surface area (Å²) < 4.78 is 6.44. The van der Waals surface area contributed by atoms with Crippen molar-refractivity contribution in [3.63, 3.8) is 0 Å². The number of ether oxygens (including phenoxy) is 1. The van der Waals surface area contributed by atoms with E-state index in [4.69, 9.17) is 16.3 Å². The van der Waals surface area contributed by atoms with E-state index in [1.165, 1.54) is 11.3 Å². The van der Waals surface area contributed by atoms with Crippen molar-refractivity contribution in [3.8, 4) is 0 Å². The number of aliphatic hydroxyl groups excluding tert-OH is 1. The Morgan fingerprint density at radius 2 is 2.09 bits per heavy atom. The summed E-state index contributed by atoms with van der Waals surface area (Å²) in [5.74, 6) is -0.217. The zero-order valence-electron chi connectivity index (χ0n) is 18.4. The molecule has 2 aliphatic heterocycles. The normalized spacial score (nSPS) is 22.5. The zero-order chi connectivity index (χ0) is 23.7. The third-order valence-corrected chi connectivity index (χ3v) is 7.64. The molecule has 2 N–H and O–H groups in total. The van der Waals surface area contributed by atoms with E-state index in [0.29, 0.717) is 36.2 Å². The highest BCUT2D eigenvalue weighted by Crippen LogP contribution is 2.38. The Kier molecular flexibility index (Phi) is 6.44. The molecule has 10 heteroatoms. The lowest BCUT2D eigenvalue weighted by molar-refractivity contribution is -0.117. The largest absolute Gasteiger partial charge is 0.445 e. The van der Waals surface area contributed by atoms with Gasteiger partial charge >= 0.3 is 6.09 Å². The van der Waals surface area contributed by atoms with Gasteiger partial charge < -0.3 is 15.2 Å². The summed E-state index contributed by atoms with van der Waals surface area (Å²) >= 11 is 7.39. The first kappa shape index (κ1) is 23.0. The van der Waals surface area contributed by atoms with Gasteiger partial charge in [-0.2, -0.15) is 0 Å². The number of nitrogens with one attached hydrogen (secondary N) is 1. The lowest BCUT2D eigenvalue weighted by atomic mass is 9.93. The van der Waals surface area contributed by atoms with Gasteiger partial charge in [-0.25, -0.2) is 9.78 Å². The highest BCUT2D eigenvalue weighted by Gasteiger charge is 2.54. The Morgan fingerprint density at radius 3 is 2.91 bits per heavy atom. The lowest BCUT2D eigenvalue weighted by Crippen LogP contribution is -2.55. The highest BCUT2D eigenvalue weighted by atomic mass is 35.5. The van der Waals surface area contributed by atoms with Crippen LogP contribution in [0.5, 0.6) is 0 Å². The quantitative estimate of drug-likeness (QED) is 0.554. The number of nitrogens with zero attached hydrogens (tertiary/aromatic N) is 3. The van der Waals surface area contributed by atoms with Gasteiger partial charge in [0.1, 0.15) is 6.61 Å². The number of fused-ring (bicyclic) bond motifs is 1. The second kappa shape index (κ2) is 9.50. The average Bonchev–Trinajstić information content (AvgIpc) is 3.50. The molecule has 8 nitrogen and oxygen atoms in total. The summed E-state index contributed by atoms with van der Waals surface area (Å²) in [7, 11) is 0. The number of β-amino-alcohol motifs (C(OH)–C–C–N with tert-alkyl or cyclic N) is 1. The molecule has 0 radical (unpaired) electrons. The molecule has 5 rings (SSSR count). The van der Waals surface area contributed by atoms with Crippen LogP contribution < -0.4 is 5.32 Å². The molecule has 2 aliphatic rings. The maximum Gasteiger partial charge on any atom is 0.410 e. The van der Waals surface area contributed by atoms with E-state index in [-0.39, 0.29) is 19.1 Å². The fourth-order valence-corrected chi connectivity index (χ4v) is 6.05. The van der Waals surface area contributed by atoms with Crippen molar-refractivity contribution in [2.75, 3.05) is 31.5 Å². The predicted molar refractivity (Wildman–Crippen MR) is 131 cm³/mol. The lowest BCUT2D eigenvalue weighted by Gasteiger charge is -2.36. The molecule has 1 aromatic heterocycles. The van der Waals surface area contributed by atoms with Crippen molar-refractivity contribution in [1.29, 1.82) is 0 Å². The van der Waals surface area contributed by atoms with Crippen LogP contribution in [0.1, 0.15) is 18.4 Å². The summed E-state index contributed by atoms with van der Waals surface area (Å²) in [4.78, 5) is 33.5. The minimum atomic E-state index is -0.753. The van der Waals surface area contributed by atoms with Crippen molar-refractivity contribution in [3.05, 3.63) is 59.1 Å². The molecule has 1 spiro atoms. The Morgan fingerprint density at radius 1 is 1.26 bits per heavy atom. The molecule has 3 heterocycles. The van der Waals surface area contributed by atoms with Crippen LogP contribution in [0.25, 0.3) is 10.2 Å². The number of likely N-dealkylation sites (tertiary alicyclic amines) is 2. The maximum atomic E-state index is 12.9. The van der Waals surface area contributed by atoms with Gasteiger partial charge in [0.25, 0.3) is 0 Å². The third-order valence-electron chi connectivity index (χ3n) is 6.47. The molecule has 2 amide bonds. The third kappa shape index (κ3) is 4.61. The van der Waals surface area contributed by atoms with Crippen LogP contribution in [0, 0.1) is 0 Å². The minimum Gasteiger partial charge on any atom is -0.445 e. The zero-order valence-corrected chi connectivity index (χ0v) is 20.0. The number of thiazole rings is 1. The average molecular weight is 501 g/mol. The van der Waals surface area contributed by atoms with Crippen LogP contribution in [0.15, 0.2) is 48.5 Å². The van der Waals surface area contributed by atoms with E-state index in [2.05, 4.69) is 10.3 Å². The van der Waals surface area contributed by atoms with E-state index in [0.717, 1.165) is 22.2 Å². The van der Waals surface area contributed by atoms with Crippen molar-refractivity contribution < 1.29 is 19.4 Å². The van der Waals surface area contributed by atoms with E-state index in [9.17, 15) is 14.7 Å². The standard InChI is InChI=1S/C24H25ClN4O4S/c25-17-7-8-18-19(11-17)34-22(26-18)27-21(31)13-28-12-20(30)24(15-28)9-4-10-29(24)23(32)33-14-16-5-2-1-3-6-16/h1-3,5-8,11,20,30H,4,9-10,12-15H2,(H,26,27,31)/t20-,24-/m0/s1. The van der Waals surface area contributed by atoms with Gasteiger partial charge in [-0.3, -0.25) is 14.6 Å². The monoisotopic (exact) mass is 500 g/mol. The van der Waals surface area contributed by atoms with Crippen LogP contribution in [-0.2, 0) is 16.1 Å². The molecule has 178 valence electrons. The SMILES string of the molecule is O=C(CN1C[C@H](O)[C@]2(CCCN2C(=O)OCc2ccccc2)C1)Nc1nc2ccc(Cl)cc2s1. The van der Waals surface area contributed by atoms with Crippen molar-refractivity contribution >= 4 is 50.3 Å². The topological polar surface area (TPSA) is 95.0 Å². The molecule has 2 atom stereocenters. The summed E-state index contributed by atoms with van der Waals surface area (Å²) in [6.45, 7) is 1.53. The molecule has 0 saturated carbocycles. The number of hydrogen-bond donors (Lipinski definition) is 2. The fraction of sp³-hybridized carbons (Fsp3) is 0.375. The summed E-state index contributed by atoms with van der Waals surface area (Å²) in [5.41, 5.74) is 0.947. The van der Waals surface area contributed by atoms with Gasteiger partial charge in [-0.15, -0.1) is 0 Å². The number of carbonyl (C=O) groups excluding carboxylic acids is 2.